The molecule has 0 fully saturated rings. The van der Waals surface area contributed by atoms with Gasteiger partial charge in [0.25, 0.3) is 11.8 Å². The molecule has 0 unspecified atom stereocenters. The highest BCUT2D eigenvalue weighted by Crippen LogP contribution is 2.43. The first-order valence-corrected chi connectivity index (χ1v) is 9.27. The van der Waals surface area contributed by atoms with Crippen molar-refractivity contribution in [2.45, 2.75) is 6.18 Å². The van der Waals surface area contributed by atoms with E-state index >= 15 is 0 Å². The number of carbonyl (C=O) groups excluding carboxylic acids is 2. The molecule has 0 radical (unpaired) electrons. The highest BCUT2D eigenvalue weighted by Gasteiger charge is 2.35. The van der Waals surface area contributed by atoms with Crippen LogP contribution in [0.5, 0.6) is 0 Å². The van der Waals surface area contributed by atoms with Crippen molar-refractivity contribution in [1.29, 1.82) is 0 Å². The average molecular weight is 466 g/mol. The number of nitro groups is 1. The normalized spacial score (nSPS) is 11.6. The van der Waals surface area contributed by atoms with E-state index in [1.165, 1.54) is 18.4 Å². The minimum atomic E-state index is -4.80. The van der Waals surface area contributed by atoms with E-state index in [0.29, 0.717) is 17.4 Å². The van der Waals surface area contributed by atoms with Crippen LogP contribution in [-0.2, 0) is 6.18 Å². The molecule has 4 heterocycles. The lowest BCUT2D eigenvalue weighted by atomic mass is 10.1. The van der Waals surface area contributed by atoms with Gasteiger partial charge in [-0.05, 0) is 23.1 Å². The van der Waals surface area contributed by atoms with Crippen LogP contribution in [0.25, 0.3) is 21.5 Å². The van der Waals surface area contributed by atoms with Crippen molar-refractivity contribution < 1.29 is 32.1 Å². The van der Waals surface area contributed by atoms with Gasteiger partial charge in [-0.15, -0.1) is 16.4 Å². The lowest BCUT2D eigenvalue weighted by Gasteiger charge is -2.10. The molecule has 4 N–H and O–H groups in total. The molecule has 0 bridgehead atoms. The van der Waals surface area contributed by atoms with Gasteiger partial charge in [0.2, 0.25) is 0 Å². The van der Waals surface area contributed by atoms with Gasteiger partial charge in [0, 0.05) is 10.9 Å². The molecule has 0 aliphatic rings. The van der Waals surface area contributed by atoms with Gasteiger partial charge < -0.3 is 25.6 Å². The maximum Gasteiger partial charge on any atom is 0.433 e. The second-order valence-electron chi connectivity index (χ2n) is 6.23. The van der Waals surface area contributed by atoms with Gasteiger partial charge in [0.05, 0.1) is 18.0 Å². The van der Waals surface area contributed by atoms with E-state index < -0.39 is 40.1 Å². The number of alkyl halides is 3. The number of nitrogens with two attached hydrogens (primary N) is 1. The Morgan fingerprint density at radius 2 is 2.06 bits per heavy atom. The summed E-state index contributed by atoms with van der Waals surface area (Å²) >= 11 is 0.543. The summed E-state index contributed by atoms with van der Waals surface area (Å²) in [6.45, 7) is 0. The molecule has 0 saturated heterocycles. The van der Waals surface area contributed by atoms with Crippen LogP contribution in [0.15, 0.2) is 34.9 Å². The maximum atomic E-state index is 13.4. The van der Waals surface area contributed by atoms with Gasteiger partial charge in [-0.3, -0.25) is 9.59 Å². The summed E-state index contributed by atoms with van der Waals surface area (Å²) in [5, 5.41) is 18.7. The van der Waals surface area contributed by atoms with Crippen LogP contribution in [0.4, 0.5) is 24.7 Å². The molecule has 0 spiro atoms. The molecule has 4 aromatic rings. The van der Waals surface area contributed by atoms with Gasteiger partial charge in [-0.1, -0.05) is 5.10 Å². The zero-order valence-electron chi connectivity index (χ0n) is 15.4. The Balaban J connectivity index is 1.92. The number of aromatic amines is 1. The second kappa shape index (κ2) is 7.45. The van der Waals surface area contributed by atoms with E-state index in [0.717, 1.165) is 6.07 Å². The third-order valence-corrected chi connectivity index (χ3v) is 5.29. The number of fused-ring (bicyclic) bond motifs is 1. The zero-order chi connectivity index (χ0) is 23.2. The maximum absolute atomic E-state index is 13.4. The summed E-state index contributed by atoms with van der Waals surface area (Å²) in [5.74, 6) is -2.55. The van der Waals surface area contributed by atoms with Crippen molar-refractivity contribution in [2.75, 3.05) is 5.32 Å². The van der Waals surface area contributed by atoms with Gasteiger partial charge in [0.1, 0.15) is 21.2 Å². The monoisotopic (exact) mass is 466 g/mol. The number of furan rings is 1. The van der Waals surface area contributed by atoms with Gasteiger partial charge in [-0.2, -0.15) is 13.2 Å². The fourth-order valence-electron chi connectivity index (χ4n) is 2.86. The molecule has 0 aliphatic heterocycles. The third kappa shape index (κ3) is 3.64. The van der Waals surface area contributed by atoms with E-state index in [1.807, 2.05) is 5.10 Å². The molecule has 0 aliphatic carbocycles. The van der Waals surface area contributed by atoms with Crippen molar-refractivity contribution in [2.24, 2.45) is 5.73 Å². The number of hydrogen-bond donors (Lipinski definition) is 3. The van der Waals surface area contributed by atoms with Crippen LogP contribution in [0.2, 0.25) is 0 Å². The molecule has 4 aromatic heterocycles. The summed E-state index contributed by atoms with van der Waals surface area (Å²) in [7, 11) is 0. The molecular weight excluding hydrogens is 457 g/mol. The lowest BCUT2D eigenvalue weighted by Crippen LogP contribution is -2.17. The predicted octanol–water partition coefficient (Wildman–Crippen LogP) is 3.56. The Hall–Kier alpha value is -4.27. The van der Waals surface area contributed by atoms with Crippen LogP contribution >= 0.6 is 11.3 Å². The smallest absolute Gasteiger partial charge is 0.433 e. The number of amides is 2. The first-order valence-electron chi connectivity index (χ1n) is 8.46. The van der Waals surface area contributed by atoms with E-state index in [-0.39, 0.29) is 32.1 Å². The first kappa shape index (κ1) is 21.0. The van der Waals surface area contributed by atoms with Crippen LogP contribution in [-0.4, -0.2) is 31.9 Å². The van der Waals surface area contributed by atoms with Crippen LogP contribution in [0.1, 0.15) is 25.9 Å². The minimum Gasteiger partial charge on any atom is -0.464 e. The molecule has 11 nitrogen and oxygen atoms in total. The summed E-state index contributed by atoms with van der Waals surface area (Å²) in [4.78, 5) is 37.6. The molecule has 0 atom stereocenters. The highest BCUT2D eigenvalue weighted by atomic mass is 32.1. The SMILES string of the molecule is NC(=O)c1sc2nc(C(F)(F)F)cc(-c3ccco3)c2c1NC(=O)c1cc([N+](=O)[O-])[nH]n1. The van der Waals surface area contributed by atoms with E-state index in [4.69, 9.17) is 10.2 Å². The number of nitrogens with one attached hydrogen (secondary N) is 2. The van der Waals surface area contributed by atoms with Crippen LogP contribution in [0.3, 0.4) is 0 Å². The molecule has 0 aromatic carbocycles. The summed E-state index contributed by atoms with van der Waals surface area (Å²) in [6, 6.07) is 4.39. The highest BCUT2D eigenvalue weighted by molar-refractivity contribution is 7.21. The van der Waals surface area contributed by atoms with E-state index in [1.54, 1.807) is 0 Å². The fourth-order valence-corrected chi connectivity index (χ4v) is 3.87. The number of H-pyrrole nitrogens is 1. The number of anilines is 1. The topological polar surface area (TPSA) is 170 Å². The molecular formula is C17H9F3N6O5S. The number of rotatable bonds is 5. The molecule has 164 valence electrons. The number of thiophene rings is 1. The van der Waals surface area contributed by atoms with Crippen molar-refractivity contribution in [1.82, 2.24) is 15.2 Å². The predicted molar refractivity (Wildman–Crippen MR) is 104 cm³/mol. The average Bonchev–Trinajstić information content (AvgIpc) is 3.46. The summed E-state index contributed by atoms with van der Waals surface area (Å²) in [6.07, 6.45) is -3.57. The zero-order valence-corrected chi connectivity index (χ0v) is 16.2. The minimum absolute atomic E-state index is 0.0163. The molecule has 4 rings (SSSR count). The van der Waals surface area contributed by atoms with E-state index in [9.17, 15) is 32.9 Å². The number of carbonyl (C=O) groups is 2. The summed E-state index contributed by atoms with van der Waals surface area (Å²) in [5.41, 5.74) is 3.41. The van der Waals surface area contributed by atoms with Crippen molar-refractivity contribution in [3.05, 3.63) is 56.9 Å². The van der Waals surface area contributed by atoms with E-state index in [2.05, 4.69) is 15.4 Å². The number of primary amides is 1. The van der Waals surface area contributed by atoms with Crippen LogP contribution < -0.4 is 11.1 Å². The Kier molecular flexibility index (Phi) is 4.89. The van der Waals surface area contributed by atoms with Gasteiger partial charge >= 0.3 is 12.0 Å². The Labute approximate surface area is 178 Å². The number of halogens is 3. The number of nitrogens with zero attached hydrogens (tertiary/aromatic N) is 3. The number of pyridine rings is 1. The molecule has 15 heteroatoms. The molecule has 0 saturated carbocycles. The Morgan fingerprint density at radius 1 is 1.31 bits per heavy atom. The largest absolute Gasteiger partial charge is 0.464 e. The van der Waals surface area contributed by atoms with Crippen molar-refractivity contribution in [3.63, 3.8) is 0 Å². The Morgan fingerprint density at radius 3 is 2.62 bits per heavy atom. The number of hydrogen-bond acceptors (Lipinski definition) is 8. The van der Waals surface area contributed by atoms with Crippen molar-refractivity contribution in [3.8, 4) is 11.3 Å². The lowest BCUT2D eigenvalue weighted by molar-refractivity contribution is -0.389. The first-order chi connectivity index (χ1) is 15.1. The molecule has 32 heavy (non-hydrogen) atoms. The number of aromatic nitrogens is 3. The second-order valence-corrected chi connectivity index (χ2v) is 7.23. The third-order valence-electron chi connectivity index (χ3n) is 4.20. The fraction of sp³-hybridized carbons (Fsp3) is 0.0588. The summed E-state index contributed by atoms with van der Waals surface area (Å²) < 4.78 is 45.4. The van der Waals surface area contributed by atoms with Crippen LogP contribution in [0, 0.1) is 10.1 Å². The molecule has 2 amide bonds. The van der Waals surface area contributed by atoms with Gasteiger partial charge in [0.15, 0.2) is 5.69 Å². The Bertz CT molecular complexity index is 1380. The quantitative estimate of drug-likeness (QED) is 0.298. The van der Waals surface area contributed by atoms with Gasteiger partial charge in [-0.25, -0.2) is 4.98 Å². The standard InChI is InChI=1S/C17H9F3N6O5S/c18-17(19,20)9-4-6(8-2-1-3-31-8)11-12(13(14(21)27)32-16(11)22-9)23-15(28)7-5-10(25-24-7)26(29)30/h1-5H,(H2,21,27)(H,23,28)(H,24,25). The van der Waals surface area contributed by atoms with Crippen molar-refractivity contribution >= 4 is 44.9 Å².